The predicted octanol–water partition coefficient (Wildman–Crippen LogP) is 5.23. The van der Waals surface area contributed by atoms with Gasteiger partial charge in [-0.2, -0.15) is 4.31 Å². The third-order valence-electron chi connectivity index (χ3n) is 10.2. The number of sulfonamides is 2. The van der Waals surface area contributed by atoms with E-state index < -0.39 is 26.0 Å². The lowest BCUT2D eigenvalue weighted by atomic mass is 9.89. The van der Waals surface area contributed by atoms with Crippen molar-refractivity contribution in [3.8, 4) is 0 Å². The summed E-state index contributed by atoms with van der Waals surface area (Å²) in [4.78, 5) is 29.3. The average molecular weight is 674 g/mol. The molecule has 3 heterocycles. The van der Waals surface area contributed by atoms with Crippen LogP contribution in [0.4, 0.5) is 5.69 Å². The average Bonchev–Trinajstić information content (AvgIpc) is 3.35. The molecule has 9 nitrogen and oxygen atoms in total. The summed E-state index contributed by atoms with van der Waals surface area (Å²) in [7, 11) is -6.94. The van der Waals surface area contributed by atoms with E-state index in [0.29, 0.717) is 50.5 Å². The van der Waals surface area contributed by atoms with Crippen molar-refractivity contribution in [1.82, 2.24) is 8.61 Å². The van der Waals surface area contributed by atoms with Gasteiger partial charge in [-0.25, -0.2) is 21.1 Å². The van der Waals surface area contributed by atoms with Gasteiger partial charge < -0.3 is 4.90 Å². The van der Waals surface area contributed by atoms with Crippen molar-refractivity contribution in [3.63, 3.8) is 0 Å². The van der Waals surface area contributed by atoms with E-state index in [1.807, 2.05) is 65.6 Å². The topological polar surface area (TPSA) is 112 Å². The van der Waals surface area contributed by atoms with Gasteiger partial charge in [-0.05, 0) is 84.0 Å². The van der Waals surface area contributed by atoms with E-state index in [2.05, 4.69) is 0 Å². The zero-order valence-electron chi connectivity index (χ0n) is 26.5. The van der Waals surface area contributed by atoms with Gasteiger partial charge in [0.05, 0.1) is 16.8 Å². The predicted molar refractivity (Wildman–Crippen MR) is 184 cm³/mol. The Morgan fingerprint density at radius 1 is 0.830 bits per heavy atom. The summed E-state index contributed by atoms with van der Waals surface area (Å²) in [5.74, 6) is -0.110. The number of carbonyl (C=O) groups is 2. The Morgan fingerprint density at radius 3 is 2.36 bits per heavy atom. The van der Waals surface area contributed by atoms with Gasteiger partial charge in [0, 0.05) is 56.0 Å². The lowest BCUT2D eigenvalue weighted by molar-refractivity contribution is -0.123. The number of ketones is 1. The van der Waals surface area contributed by atoms with Crippen LogP contribution in [0.2, 0.25) is 0 Å². The first-order valence-electron chi connectivity index (χ1n) is 16.3. The van der Waals surface area contributed by atoms with Crippen LogP contribution in [0.3, 0.4) is 0 Å². The quantitative estimate of drug-likeness (QED) is 0.241. The Hall–Kier alpha value is -3.64. The van der Waals surface area contributed by atoms with Gasteiger partial charge in [0.25, 0.3) is 5.91 Å². The number of amides is 1. The number of hydrogen-bond acceptors (Lipinski definition) is 6. The van der Waals surface area contributed by atoms with E-state index >= 15 is 0 Å². The Balaban J connectivity index is 1.05. The van der Waals surface area contributed by atoms with Crippen molar-refractivity contribution < 1.29 is 26.4 Å². The first kappa shape index (κ1) is 31.9. The van der Waals surface area contributed by atoms with Crippen LogP contribution in [0.5, 0.6) is 0 Å². The summed E-state index contributed by atoms with van der Waals surface area (Å²) in [6.07, 6.45) is 5.02. The second-order valence-corrected chi connectivity index (χ2v) is 17.1. The van der Waals surface area contributed by atoms with E-state index in [4.69, 9.17) is 0 Å². The van der Waals surface area contributed by atoms with Crippen LogP contribution in [0.25, 0.3) is 21.5 Å². The molecule has 2 saturated heterocycles. The number of piperidine rings is 2. The molecule has 0 radical (unpaired) electrons. The number of fused-ring (bicyclic) bond motifs is 1. The minimum atomic E-state index is -3.76. The highest BCUT2D eigenvalue weighted by Gasteiger charge is 2.35. The van der Waals surface area contributed by atoms with Crippen LogP contribution in [0, 0.1) is 11.8 Å². The summed E-state index contributed by atoms with van der Waals surface area (Å²) in [6.45, 7) is 2.12. The Bertz CT molecular complexity index is 2110. The number of anilines is 1. The molecule has 4 aromatic rings. The molecule has 1 unspecified atom stereocenters. The van der Waals surface area contributed by atoms with E-state index in [0.717, 1.165) is 52.1 Å². The summed E-state index contributed by atoms with van der Waals surface area (Å²) >= 11 is 0. The number of benzene rings is 4. The molecule has 1 amide bonds. The fourth-order valence-electron chi connectivity index (χ4n) is 7.56. The molecule has 4 aromatic carbocycles. The number of nitrogens with zero attached hydrogens (tertiary/aromatic N) is 3. The third-order valence-corrected chi connectivity index (χ3v) is 13.4. The van der Waals surface area contributed by atoms with Crippen LogP contribution >= 0.6 is 0 Å². The van der Waals surface area contributed by atoms with Gasteiger partial charge in [0.1, 0.15) is 5.78 Å². The Labute approximate surface area is 276 Å². The molecule has 0 bridgehead atoms. The van der Waals surface area contributed by atoms with E-state index in [1.54, 1.807) is 12.1 Å². The van der Waals surface area contributed by atoms with E-state index in [-0.39, 0.29) is 29.6 Å². The van der Waals surface area contributed by atoms with Crippen LogP contribution in [0.15, 0.2) is 77.7 Å². The van der Waals surface area contributed by atoms with Gasteiger partial charge in [-0.1, -0.05) is 48.5 Å². The molecule has 3 aliphatic heterocycles. The minimum Gasteiger partial charge on any atom is -0.308 e. The zero-order chi connectivity index (χ0) is 32.9. The molecule has 1 atom stereocenters. The third kappa shape index (κ3) is 6.10. The van der Waals surface area contributed by atoms with Crippen molar-refractivity contribution in [2.75, 3.05) is 43.9 Å². The minimum absolute atomic E-state index is 0.00531. The number of hydrogen-bond donors (Lipinski definition) is 0. The number of rotatable bonds is 9. The lowest BCUT2D eigenvalue weighted by Gasteiger charge is -2.31. The molecule has 0 spiro atoms. The maximum atomic E-state index is 13.7. The highest BCUT2D eigenvalue weighted by molar-refractivity contribution is 7.89. The van der Waals surface area contributed by atoms with Crippen molar-refractivity contribution in [2.24, 2.45) is 11.8 Å². The number of carbonyl (C=O) groups excluding carboxylic acids is 2. The van der Waals surface area contributed by atoms with Gasteiger partial charge in [0.2, 0.25) is 20.0 Å². The maximum absolute atomic E-state index is 13.7. The Kier molecular flexibility index (Phi) is 8.44. The van der Waals surface area contributed by atoms with Crippen LogP contribution in [0.1, 0.15) is 48.0 Å². The largest absolute Gasteiger partial charge is 0.308 e. The molecule has 0 saturated carbocycles. The van der Waals surface area contributed by atoms with Crippen LogP contribution < -0.4 is 4.90 Å². The van der Waals surface area contributed by atoms with Gasteiger partial charge in [-0.15, -0.1) is 0 Å². The van der Waals surface area contributed by atoms with Crippen molar-refractivity contribution in [1.29, 1.82) is 0 Å². The molecule has 2 fully saturated rings. The second kappa shape index (κ2) is 12.4. The summed E-state index contributed by atoms with van der Waals surface area (Å²) in [5.41, 5.74) is 2.31. The first-order valence-corrected chi connectivity index (χ1v) is 19.6. The molecule has 7 rings (SSSR count). The smallest absolute Gasteiger partial charge is 0.258 e. The van der Waals surface area contributed by atoms with Gasteiger partial charge >= 0.3 is 0 Å². The molecule has 3 aliphatic rings. The Morgan fingerprint density at radius 2 is 1.60 bits per heavy atom. The summed E-state index contributed by atoms with van der Waals surface area (Å²) in [5, 5.41) is 3.57. The molecule has 0 aromatic heterocycles. The maximum Gasteiger partial charge on any atom is 0.258 e. The summed E-state index contributed by atoms with van der Waals surface area (Å²) < 4.78 is 54.0. The lowest BCUT2D eigenvalue weighted by Crippen LogP contribution is -2.42. The highest BCUT2D eigenvalue weighted by atomic mass is 32.2. The molecule has 246 valence electrons. The fourth-order valence-corrected chi connectivity index (χ4v) is 9.99. The van der Waals surface area contributed by atoms with Crippen molar-refractivity contribution in [3.05, 3.63) is 83.9 Å². The SMILES string of the molecule is CS(=O)(=O)N1CCC(CCN2C(=O)c3cccc4c(CC(=O)C5CCCN(S(=O)(=O)c6ccc7ccccc7c6)C5)ccc2c34)CC1. The monoisotopic (exact) mass is 673 g/mol. The molecule has 0 N–H and O–H groups in total. The molecular formula is C36H39N3O6S2. The highest BCUT2D eigenvalue weighted by Crippen LogP contribution is 2.40. The fraction of sp³-hybridized carbons (Fsp3) is 0.389. The van der Waals surface area contributed by atoms with Crippen molar-refractivity contribution in [2.45, 2.75) is 43.4 Å². The molecular weight excluding hydrogens is 635 g/mol. The number of Topliss-reactive ketones (excluding diaryl/α,β-unsaturated/α-hetero) is 1. The summed E-state index contributed by atoms with van der Waals surface area (Å²) in [6, 6.07) is 22.3. The molecule has 11 heteroatoms. The van der Waals surface area contributed by atoms with Crippen LogP contribution in [-0.2, 0) is 31.3 Å². The van der Waals surface area contributed by atoms with E-state index in [9.17, 15) is 26.4 Å². The zero-order valence-corrected chi connectivity index (χ0v) is 28.1. The molecule has 47 heavy (non-hydrogen) atoms. The van der Waals surface area contributed by atoms with Gasteiger partial charge in [0.15, 0.2) is 0 Å². The molecule has 0 aliphatic carbocycles. The second-order valence-electron chi connectivity index (χ2n) is 13.2. The van der Waals surface area contributed by atoms with Crippen LogP contribution in [-0.4, -0.2) is 76.1 Å². The van der Waals surface area contributed by atoms with Crippen molar-refractivity contribution >= 4 is 59.0 Å². The first-order chi connectivity index (χ1) is 22.5. The van der Waals surface area contributed by atoms with E-state index in [1.165, 1.54) is 14.9 Å². The normalized spacial score (nSPS) is 20.0. The standard InChI is InChI=1S/C36H39N3O6S2/c1-46(42,43)37-19-15-25(16-20-37)17-21-39-33-14-12-28(31-9-4-10-32(35(31)33)36(39)41)23-34(40)29-8-5-18-38(24-29)47(44,45)30-13-11-26-6-2-3-7-27(26)22-30/h2-4,6-7,9-14,22,25,29H,5,8,15-21,23-24H2,1H3. The van der Waals surface area contributed by atoms with Gasteiger partial charge in [-0.3, -0.25) is 9.59 Å².